The molecule has 0 aliphatic carbocycles. The van der Waals surface area contributed by atoms with Crippen LogP contribution in [0.5, 0.6) is 0 Å². The van der Waals surface area contributed by atoms with E-state index in [9.17, 15) is 5.26 Å². The van der Waals surface area contributed by atoms with Gasteiger partial charge in [0.2, 0.25) is 0 Å². The van der Waals surface area contributed by atoms with E-state index in [4.69, 9.17) is 0 Å². The molecule has 0 aliphatic rings. The fourth-order valence-corrected chi connectivity index (χ4v) is 3.77. The number of nitriles is 1. The van der Waals surface area contributed by atoms with Crippen molar-refractivity contribution in [2.45, 2.75) is 18.5 Å². The van der Waals surface area contributed by atoms with Crippen LogP contribution in [0.1, 0.15) is 16.7 Å². The summed E-state index contributed by atoms with van der Waals surface area (Å²) in [5.41, 5.74) is 5.46. The maximum atomic E-state index is 9.73. The van der Waals surface area contributed by atoms with E-state index in [1.807, 2.05) is 41.4 Å². The minimum atomic E-state index is 0.553. The monoisotopic (exact) mass is 385 g/mol. The second-order valence-electron chi connectivity index (χ2n) is 6.54. The molecule has 28 heavy (non-hydrogen) atoms. The third-order valence-corrected chi connectivity index (χ3v) is 5.18. The van der Waals surface area contributed by atoms with Crippen LogP contribution in [0.2, 0.25) is 0 Å². The first-order chi connectivity index (χ1) is 13.7. The molecule has 2 aromatic carbocycles. The zero-order valence-corrected chi connectivity index (χ0v) is 16.5. The van der Waals surface area contributed by atoms with Crippen LogP contribution in [0.4, 0.5) is 11.4 Å². The van der Waals surface area contributed by atoms with Crippen LogP contribution in [-0.4, -0.2) is 21.0 Å². The van der Waals surface area contributed by atoms with Gasteiger partial charge in [-0.2, -0.15) is 10.4 Å². The number of pyridine rings is 1. The molecule has 1 N–H and O–H groups in total. The molecule has 4 rings (SSSR count). The van der Waals surface area contributed by atoms with Crippen LogP contribution in [0.15, 0.2) is 66.0 Å². The third-order valence-electron chi connectivity index (χ3n) is 4.49. The number of aromatic nitrogens is 3. The van der Waals surface area contributed by atoms with E-state index in [-0.39, 0.29) is 0 Å². The van der Waals surface area contributed by atoms with Crippen molar-refractivity contribution in [3.8, 4) is 6.07 Å². The summed E-state index contributed by atoms with van der Waals surface area (Å²) in [7, 11) is 0. The number of aryl methyl sites for hydroxylation is 1. The zero-order chi connectivity index (χ0) is 19.5. The van der Waals surface area contributed by atoms with Gasteiger partial charge >= 0.3 is 0 Å². The summed E-state index contributed by atoms with van der Waals surface area (Å²) in [6.07, 6.45) is 5.67. The molecular weight excluding hydrogens is 366 g/mol. The van der Waals surface area contributed by atoms with Crippen molar-refractivity contribution >= 4 is 34.0 Å². The van der Waals surface area contributed by atoms with Gasteiger partial charge in [0.05, 0.1) is 29.6 Å². The largest absolute Gasteiger partial charge is 0.351 e. The molecular formula is C22H19N5S. The minimum Gasteiger partial charge on any atom is -0.351 e. The summed E-state index contributed by atoms with van der Waals surface area (Å²) in [6.45, 7) is 2.78. The van der Waals surface area contributed by atoms with Gasteiger partial charge in [-0.1, -0.05) is 48.0 Å². The standard InChI is InChI=1S/C22H19N5S/c1-15-6-5-7-16(10-15)13-27-14-17(12-24-27)25-21-18-8-3-4-9-20(18)26-22(28-2)19(21)11-23/h3-10,12,14H,13H2,1-2H3,(H,25,26). The highest BCUT2D eigenvalue weighted by atomic mass is 32.2. The topological polar surface area (TPSA) is 66.5 Å². The number of nitrogens with one attached hydrogen (secondary N) is 1. The van der Waals surface area contributed by atoms with Crippen molar-refractivity contribution in [1.29, 1.82) is 5.26 Å². The average Bonchev–Trinajstić information content (AvgIpc) is 3.14. The second kappa shape index (κ2) is 7.75. The van der Waals surface area contributed by atoms with Crippen molar-refractivity contribution < 1.29 is 0 Å². The zero-order valence-electron chi connectivity index (χ0n) is 15.7. The lowest BCUT2D eigenvalue weighted by atomic mass is 10.1. The molecule has 0 atom stereocenters. The molecule has 6 heteroatoms. The lowest BCUT2D eigenvalue weighted by molar-refractivity contribution is 0.686. The Kier molecular flexibility index (Phi) is 5.00. The van der Waals surface area contributed by atoms with E-state index < -0.39 is 0 Å². The number of hydrogen-bond donors (Lipinski definition) is 1. The van der Waals surface area contributed by atoms with Gasteiger partial charge in [0.1, 0.15) is 16.7 Å². The maximum Gasteiger partial charge on any atom is 0.116 e. The summed E-state index contributed by atoms with van der Waals surface area (Å²) in [5.74, 6) is 0. The first-order valence-electron chi connectivity index (χ1n) is 8.90. The molecule has 138 valence electrons. The first kappa shape index (κ1) is 18.1. The summed E-state index contributed by atoms with van der Waals surface area (Å²) < 4.78 is 1.89. The smallest absolute Gasteiger partial charge is 0.116 e. The molecule has 5 nitrogen and oxygen atoms in total. The van der Waals surface area contributed by atoms with E-state index in [1.54, 1.807) is 6.20 Å². The number of para-hydroxylation sites is 1. The molecule has 0 unspecified atom stereocenters. The number of benzene rings is 2. The fourth-order valence-electron chi connectivity index (χ4n) is 3.23. The molecule has 0 aliphatic heterocycles. The van der Waals surface area contributed by atoms with Gasteiger partial charge in [-0.3, -0.25) is 4.68 Å². The first-order valence-corrected chi connectivity index (χ1v) is 10.1. The summed E-state index contributed by atoms with van der Waals surface area (Å²) >= 11 is 1.47. The van der Waals surface area contributed by atoms with Gasteiger partial charge in [-0.05, 0) is 24.8 Å². The van der Waals surface area contributed by atoms with E-state index in [1.165, 1.54) is 22.9 Å². The molecule has 0 bridgehead atoms. The molecule has 0 amide bonds. The molecule has 2 aromatic heterocycles. The van der Waals surface area contributed by atoms with Gasteiger partial charge in [0, 0.05) is 11.6 Å². The van der Waals surface area contributed by atoms with Crippen LogP contribution < -0.4 is 5.32 Å². The minimum absolute atomic E-state index is 0.553. The van der Waals surface area contributed by atoms with E-state index >= 15 is 0 Å². The summed E-state index contributed by atoms with van der Waals surface area (Å²) in [4.78, 5) is 4.62. The summed E-state index contributed by atoms with van der Waals surface area (Å²) in [6, 6.07) is 18.5. The average molecular weight is 385 g/mol. The van der Waals surface area contributed by atoms with Crippen LogP contribution in [0, 0.1) is 18.3 Å². The SMILES string of the molecule is CSc1nc2ccccc2c(Nc2cnn(Cc3cccc(C)c3)c2)c1C#N. The molecule has 0 saturated carbocycles. The Balaban J connectivity index is 1.69. The number of rotatable bonds is 5. The van der Waals surface area contributed by atoms with Gasteiger partial charge in [0.15, 0.2) is 0 Å². The van der Waals surface area contributed by atoms with Crippen molar-refractivity contribution in [2.75, 3.05) is 11.6 Å². The van der Waals surface area contributed by atoms with Crippen LogP contribution in [0.3, 0.4) is 0 Å². The number of anilines is 2. The van der Waals surface area contributed by atoms with E-state index in [0.717, 1.165) is 27.3 Å². The summed E-state index contributed by atoms with van der Waals surface area (Å²) in [5, 5.41) is 19.2. The quantitative estimate of drug-likeness (QED) is 0.483. The molecule has 0 radical (unpaired) electrons. The van der Waals surface area contributed by atoms with Crippen molar-refractivity contribution in [1.82, 2.24) is 14.8 Å². The molecule has 2 heterocycles. The number of fused-ring (bicyclic) bond motifs is 1. The lowest BCUT2D eigenvalue weighted by Gasteiger charge is -2.12. The lowest BCUT2D eigenvalue weighted by Crippen LogP contribution is -2.00. The molecule has 0 spiro atoms. The van der Waals surface area contributed by atoms with E-state index in [2.05, 4.69) is 52.7 Å². The van der Waals surface area contributed by atoms with Crippen molar-refractivity contribution in [3.05, 3.63) is 77.6 Å². The Bertz CT molecular complexity index is 1190. The van der Waals surface area contributed by atoms with Crippen LogP contribution >= 0.6 is 11.8 Å². The van der Waals surface area contributed by atoms with Crippen molar-refractivity contribution in [2.24, 2.45) is 0 Å². The van der Waals surface area contributed by atoms with Gasteiger partial charge in [0.25, 0.3) is 0 Å². The Morgan fingerprint density at radius 1 is 1.18 bits per heavy atom. The van der Waals surface area contributed by atoms with E-state index in [0.29, 0.717) is 12.1 Å². The highest BCUT2D eigenvalue weighted by Gasteiger charge is 2.15. The van der Waals surface area contributed by atoms with Gasteiger partial charge < -0.3 is 5.32 Å². The Morgan fingerprint density at radius 2 is 2.04 bits per heavy atom. The Hall–Kier alpha value is -3.30. The van der Waals surface area contributed by atoms with Crippen molar-refractivity contribution in [3.63, 3.8) is 0 Å². The Labute approximate surface area is 168 Å². The number of nitrogens with zero attached hydrogens (tertiary/aromatic N) is 4. The number of thioether (sulfide) groups is 1. The third kappa shape index (κ3) is 3.57. The fraction of sp³-hybridized carbons (Fsp3) is 0.136. The predicted molar refractivity (Wildman–Crippen MR) is 114 cm³/mol. The number of hydrogen-bond acceptors (Lipinski definition) is 5. The Morgan fingerprint density at radius 3 is 2.82 bits per heavy atom. The second-order valence-corrected chi connectivity index (χ2v) is 7.34. The van der Waals surface area contributed by atoms with Gasteiger partial charge in [-0.25, -0.2) is 4.98 Å². The normalized spacial score (nSPS) is 10.8. The predicted octanol–water partition coefficient (Wildman–Crippen LogP) is 5.13. The van der Waals surface area contributed by atoms with Gasteiger partial charge in [-0.15, -0.1) is 11.8 Å². The maximum absolute atomic E-state index is 9.73. The van der Waals surface area contributed by atoms with Crippen LogP contribution in [0.25, 0.3) is 10.9 Å². The highest BCUT2D eigenvalue weighted by Crippen LogP contribution is 2.34. The molecule has 0 saturated heterocycles. The highest BCUT2D eigenvalue weighted by molar-refractivity contribution is 7.98. The van der Waals surface area contributed by atoms with Crippen LogP contribution in [-0.2, 0) is 6.54 Å². The molecule has 4 aromatic rings. The molecule has 0 fully saturated rings.